The van der Waals surface area contributed by atoms with Crippen molar-refractivity contribution in [1.29, 1.82) is 0 Å². The lowest BCUT2D eigenvalue weighted by molar-refractivity contribution is 0.0721. The van der Waals surface area contributed by atoms with Crippen molar-refractivity contribution in [3.63, 3.8) is 0 Å². The van der Waals surface area contributed by atoms with Gasteiger partial charge >= 0.3 is 0 Å². The van der Waals surface area contributed by atoms with Crippen molar-refractivity contribution in [1.82, 2.24) is 0 Å². The van der Waals surface area contributed by atoms with Crippen LogP contribution < -0.4 is 10.6 Å². The lowest BCUT2D eigenvalue weighted by atomic mass is 10.0. The summed E-state index contributed by atoms with van der Waals surface area (Å²) in [7, 11) is 2.06. The minimum Gasteiger partial charge on any atom is -0.375 e. The van der Waals surface area contributed by atoms with Gasteiger partial charge in [0.2, 0.25) is 0 Å². The molecule has 1 saturated heterocycles. The Labute approximate surface area is 119 Å². The predicted molar refractivity (Wildman–Crippen MR) is 78.6 cm³/mol. The average Bonchev–Trinajstić information content (AvgIpc) is 3.05. The first-order valence-corrected chi connectivity index (χ1v) is 6.83. The second-order valence-electron chi connectivity index (χ2n) is 4.76. The molecule has 0 radical (unpaired) electrons. The quantitative estimate of drug-likeness (QED) is 0.904. The molecule has 0 aromatic heterocycles. The van der Waals surface area contributed by atoms with Crippen LogP contribution in [0.15, 0.2) is 24.3 Å². The minimum absolute atomic E-state index is 0.373. The first-order valence-electron chi connectivity index (χ1n) is 6.83. The molecular weight excluding hydrogens is 262 g/mol. The molecule has 0 amide bonds. The Balaban J connectivity index is 0.000000956. The number of hydrogen-bond donors (Lipinski definition) is 1. The molecule has 1 heterocycles. The summed E-state index contributed by atoms with van der Waals surface area (Å²) in [6.45, 7) is 1.67. The first kappa shape index (κ1) is 16.9. The van der Waals surface area contributed by atoms with Crippen LogP contribution in [-0.2, 0) is 4.74 Å². The number of nitrogens with two attached hydrogens (primary N) is 1. The average molecular weight is 286 g/mol. The summed E-state index contributed by atoms with van der Waals surface area (Å²) in [5.41, 5.74) is 7.87. The van der Waals surface area contributed by atoms with E-state index in [2.05, 4.69) is 17.0 Å². The van der Waals surface area contributed by atoms with Crippen molar-refractivity contribution in [2.24, 2.45) is 5.73 Å². The SMILES string of the molecule is CF.COC(c1ccc(N2CCCC2)cc1)C(N)CF. The van der Waals surface area contributed by atoms with Gasteiger partial charge in [0, 0.05) is 25.9 Å². The van der Waals surface area contributed by atoms with Crippen LogP contribution in [0.1, 0.15) is 24.5 Å². The van der Waals surface area contributed by atoms with Gasteiger partial charge in [-0.1, -0.05) is 12.1 Å². The highest BCUT2D eigenvalue weighted by atomic mass is 19.1. The number of anilines is 1. The summed E-state index contributed by atoms with van der Waals surface area (Å²) >= 11 is 0. The number of methoxy groups -OCH3 is 1. The molecule has 1 aromatic carbocycles. The third-order valence-corrected chi connectivity index (χ3v) is 3.51. The molecule has 2 unspecified atom stereocenters. The van der Waals surface area contributed by atoms with Gasteiger partial charge in [0.1, 0.15) is 6.67 Å². The highest BCUT2D eigenvalue weighted by molar-refractivity contribution is 5.48. The Morgan fingerprint density at radius 3 is 2.20 bits per heavy atom. The van der Waals surface area contributed by atoms with Crippen LogP contribution in [0.4, 0.5) is 14.5 Å². The topological polar surface area (TPSA) is 38.5 Å². The third-order valence-electron chi connectivity index (χ3n) is 3.51. The van der Waals surface area contributed by atoms with Crippen LogP contribution in [0.25, 0.3) is 0 Å². The Hall–Kier alpha value is -1.20. The molecule has 1 aliphatic rings. The van der Waals surface area contributed by atoms with Crippen molar-refractivity contribution < 1.29 is 13.5 Å². The zero-order valence-corrected chi connectivity index (χ0v) is 12.2. The van der Waals surface area contributed by atoms with Gasteiger partial charge in [0.15, 0.2) is 0 Å². The van der Waals surface area contributed by atoms with Crippen molar-refractivity contribution in [2.45, 2.75) is 25.0 Å². The monoisotopic (exact) mass is 286 g/mol. The van der Waals surface area contributed by atoms with E-state index >= 15 is 0 Å². The summed E-state index contributed by atoms with van der Waals surface area (Å²) in [4.78, 5) is 2.36. The molecule has 1 aromatic rings. The standard InChI is InChI=1S/C14H21FN2O.CH3F/c1-18-14(13(16)10-15)11-4-6-12(7-5-11)17-8-2-3-9-17;1-2/h4-7,13-14H,2-3,8-10,16H2,1H3;1H3. The van der Waals surface area contributed by atoms with Crippen LogP contribution in [0, 0.1) is 0 Å². The molecule has 2 N–H and O–H groups in total. The van der Waals surface area contributed by atoms with E-state index in [1.54, 1.807) is 7.11 Å². The Morgan fingerprint density at radius 1 is 1.20 bits per heavy atom. The molecule has 20 heavy (non-hydrogen) atoms. The van der Waals surface area contributed by atoms with Gasteiger partial charge < -0.3 is 15.4 Å². The number of halogens is 2. The molecule has 2 rings (SSSR count). The highest BCUT2D eigenvalue weighted by Gasteiger charge is 2.20. The van der Waals surface area contributed by atoms with Crippen LogP contribution in [0.2, 0.25) is 0 Å². The number of nitrogens with zero attached hydrogens (tertiary/aromatic N) is 1. The van der Waals surface area contributed by atoms with E-state index in [9.17, 15) is 8.78 Å². The molecule has 0 saturated carbocycles. The molecule has 0 spiro atoms. The predicted octanol–water partition coefficient (Wildman–Crippen LogP) is 2.86. The summed E-state index contributed by atoms with van der Waals surface area (Å²) < 4.78 is 27.4. The lowest BCUT2D eigenvalue weighted by Crippen LogP contribution is -2.31. The van der Waals surface area contributed by atoms with Gasteiger partial charge in [0.05, 0.1) is 19.3 Å². The minimum atomic E-state index is -0.604. The van der Waals surface area contributed by atoms with Crippen molar-refractivity contribution in [3.8, 4) is 0 Å². The molecule has 5 heteroatoms. The van der Waals surface area contributed by atoms with Crippen LogP contribution in [0.3, 0.4) is 0 Å². The maximum atomic E-state index is 12.6. The summed E-state index contributed by atoms with van der Waals surface area (Å²) in [6.07, 6.45) is 2.15. The van der Waals surface area contributed by atoms with E-state index in [0.717, 1.165) is 18.7 Å². The van der Waals surface area contributed by atoms with Crippen LogP contribution in [0.5, 0.6) is 0 Å². The second kappa shape index (κ2) is 8.87. The molecule has 0 aliphatic carbocycles. The highest BCUT2D eigenvalue weighted by Crippen LogP contribution is 2.25. The number of rotatable bonds is 5. The summed E-state index contributed by atoms with van der Waals surface area (Å²) in [5, 5.41) is 0. The number of alkyl halides is 2. The van der Waals surface area contributed by atoms with Crippen LogP contribution >= 0.6 is 0 Å². The smallest absolute Gasteiger partial charge is 0.107 e. The van der Waals surface area contributed by atoms with E-state index < -0.39 is 12.7 Å². The van der Waals surface area contributed by atoms with Gasteiger partial charge in [-0.25, -0.2) is 4.39 Å². The van der Waals surface area contributed by atoms with E-state index in [-0.39, 0.29) is 6.10 Å². The van der Waals surface area contributed by atoms with Gasteiger partial charge in [-0.3, -0.25) is 4.39 Å². The van der Waals surface area contributed by atoms with E-state index in [4.69, 9.17) is 10.5 Å². The Kier molecular flexibility index (Phi) is 7.47. The summed E-state index contributed by atoms with van der Waals surface area (Å²) in [5.74, 6) is 0. The van der Waals surface area contributed by atoms with Gasteiger partial charge in [-0.05, 0) is 30.5 Å². The van der Waals surface area contributed by atoms with E-state index in [1.165, 1.54) is 18.5 Å². The fraction of sp³-hybridized carbons (Fsp3) is 0.600. The molecule has 0 bridgehead atoms. The first-order chi connectivity index (χ1) is 9.76. The fourth-order valence-corrected chi connectivity index (χ4v) is 2.49. The second-order valence-corrected chi connectivity index (χ2v) is 4.76. The zero-order valence-electron chi connectivity index (χ0n) is 12.2. The summed E-state index contributed by atoms with van der Waals surface area (Å²) in [6, 6.07) is 7.50. The molecule has 1 fully saturated rings. The largest absolute Gasteiger partial charge is 0.375 e. The van der Waals surface area contributed by atoms with Gasteiger partial charge in [-0.15, -0.1) is 0 Å². The van der Waals surface area contributed by atoms with Crippen molar-refractivity contribution in [2.75, 3.05) is 39.0 Å². The molecule has 1 aliphatic heterocycles. The Bertz CT molecular complexity index is 367. The number of hydrogen-bond acceptors (Lipinski definition) is 3. The van der Waals surface area contributed by atoms with Crippen LogP contribution in [-0.4, -0.2) is 40.1 Å². The Morgan fingerprint density at radius 2 is 1.75 bits per heavy atom. The molecule has 3 nitrogen and oxygen atoms in total. The maximum Gasteiger partial charge on any atom is 0.107 e. The van der Waals surface area contributed by atoms with E-state index in [1.807, 2.05) is 12.1 Å². The number of benzene rings is 1. The molecular formula is C15H24F2N2O. The zero-order chi connectivity index (χ0) is 15.0. The van der Waals surface area contributed by atoms with Crippen molar-refractivity contribution in [3.05, 3.63) is 29.8 Å². The van der Waals surface area contributed by atoms with E-state index in [0.29, 0.717) is 7.18 Å². The lowest BCUT2D eigenvalue weighted by Gasteiger charge is -2.22. The fourth-order valence-electron chi connectivity index (χ4n) is 2.49. The molecule has 114 valence electrons. The normalized spacial score (nSPS) is 17.4. The van der Waals surface area contributed by atoms with Gasteiger partial charge in [-0.2, -0.15) is 0 Å². The number of ether oxygens (including phenoxy) is 1. The third kappa shape index (κ3) is 4.15. The molecule has 2 atom stereocenters. The maximum absolute atomic E-state index is 12.6. The van der Waals surface area contributed by atoms with Gasteiger partial charge in [0.25, 0.3) is 0 Å². The van der Waals surface area contributed by atoms with Crippen molar-refractivity contribution >= 4 is 5.69 Å².